The van der Waals surface area contributed by atoms with E-state index >= 15 is 0 Å². The molecule has 2 N–H and O–H groups in total. The molecule has 0 spiro atoms. The maximum Gasteiger partial charge on any atom is 0.142 e. The van der Waals surface area contributed by atoms with Crippen molar-refractivity contribution in [3.63, 3.8) is 0 Å². The van der Waals surface area contributed by atoms with Crippen LogP contribution in [0.1, 0.15) is 17.5 Å². The standard InChI is InChI=1S/C15H18N2O/c1-12-4-5-14(16)15(11-12)18-10-2-3-13-6-8-17-9-7-13/h4-9,11H,2-3,10,16H2,1H3. The second kappa shape index (κ2) is 6.05. The lowest BCUT2D eigenvalue weighted by molar-refractivity contribution is 0.312. The summed E-state index contributed by atoms with van der Waals surface area (Å²) in [6, 6.07) is 9.90. The lowest BCUT2D eigenvalue weighted by atomic mass is 10.1. The predicted molar refractivity (Wildman–Crippen MR) is 73.6 cm³/mol. The van der Waals surface area contributed by atoms with E-state index in [0.29, 0.717) is 12.3 Å². The van der Waals surface area contributed by atoms with Crippen LogP contribution in [0.4, 0.5) is 5.69 Å². The van der Waals surface area contributed by atoms with Crippen LogP contribution in [0.25, 0.3) is 0 Å². The van der Waals surface area contributed by atoms with E-state index < -0.39 is 0 Å². The maximum absolute atomic E-state index is 5.85. The summed E-state index contributed by atoms with van der Waals surface area (Å²) in [4.78, 5) is 3.99. The molecular formula is C15H18N2O. The molecule has 18 heavy (non-hydrogen) atoms. The molecule has 0 unspecified atom stereocenters. The lowest BCUT2D eigenvalue weighted by Gasteiger charge is -2.09. The van der Waals surface area contributed by atoms with E-state index in [4.69, 9.17) is 10.5 Å². The quantitative estimate of drug-likeness (QED) is 0.647. The maximum atomic E-state index is 5.85. The average molecular weight is 242 g/mol. The Balaban J connectivity index is 1.80. The first-order chi connectivity index (χ1) is 8.75. The summed E-state index contributed by atoms with van der Waals surface area (Å²) in [5, 5.41) is 0. The van der Waals surface area contributed by atoms with Gasteiger partial charge in [-0.1, -0.05) is 6.07 Å². The van der Waals surface area contributed by atoms with Crippen LogP contribution < -0.4 is 10.5 Å². The van der Waals surface area contributed by atoms with Crippen LogP contribution in [-0.4, -0.2) is 11.6 Å². The van der Waals surface area contributed by atoms with Crippen molar-refractivity contribution in [2.24, 2.45) is 0 Å². The number of nitrogens with zero attached hydrogens (tertiary/aromatic N) is 1. The highest BCUT2D eigenvalue weighted by atomic mass is 16.5. The van der Waals surface area contributed by atoms with Gasteiger partial charge in [-0.15, -0.1) is 0 Å². The SMILES string of the molecule is Cc1ccc(N)c(OCCCc2ccncc2)c1. The molecule has 0 saturated heterocycles. The van der Waals surface area contributed by atoms with Crippen LogP contribution in [0, 0.1) is 6.92 Å². The van der Waals surface area contributed by atoms with Crippen molar-refractivity contribution in [2.45, 2.75) is 19.8 Å². The molecule has 0 aliphatic heterocycles. The van der Waals surface area contributed by atoms with Crippen molar-refractivity contribution in [1.29, 1.82) is 0 Å². The Kier molecular flexibility index (Phi) is 4.18. The van der Waals surface area contributed by atoms with Gasteiger partial charge in [0.25, 0.3) is 0 Å². The fourth-order valence-electron chi connectivity index (χ4n) is 1.77. The molecule has 1 heterocycles. The Morgan fingerprint density at radius 3 is 2.72 bits per heavy atom. The van der Waals surface area contributed by atoms with Crippen LogP contribution in [-0.2, 0) is 6.42 Å². The first-order valence-corrected chi connectivity index (χ1v) is 6.13. The third-order valence-electron chi connectivity index (χ3n) is 2.79. The van der Waals surface area contributed by atoms with Gasteiger partial charge in [0.05, 0.1) is 12.3 Å². The minimum atomic E-state index is 0.677. The summed E-state index contributed by atoms with van der Waals surface area (Å²) in [6.07, 6.45) is 5.59. The molecule has 0 radical (unpaired) electrons. The van der Waals surface area contributed by atoms with Crippen LogP contribution in [0.5, 0.6) is 5.75 Å². The van der Waals surface area contributed by atoms with Gasteiger partial charge in [-0.25, -0.2) is 0 Å². The molecule has 0 amide bonds. The highest BCUT2D eigenvalue weighted by Gasteiger charge is 2.00. The molecule has 0 atom stereocenters. The fourth-order valence-corrected chi connectivity index (χ4v) is 1.77. The average Bonchev–Trinajstić information content (AvgIpc) is 2.40. The highest BCUT2D eigenvalue weighted by Crippen LogP contribution is 2.22. The Morgan fingerprint density at radius 2 is 1.94 bits per heavy atom. The van der Waals surface area contributed by atoms with Gasteiger partial charge >= 0.3 is 0 Å². The zero-order valence-electron chi connectivity index (χ0n) is 10.6. The van der Waals surface area contributed by atoms with Crippen LogP contribution in [0.2, 0.25) is 0 Å². The molecule has 94 valence electrons. The smallest absolute Gasteiger partial charge is 0.142 e. The van der Waals surface area contributed by atoms with Gasteiger partial charge in [0.1, 0.15) is 5.75 Å². The van der Waals surface area contributed by atoms with Crippen molar-refractivity contribution in [1.82, 2.24) is 4.98 Å². The van der Waals surface area contributed by atoms with Gasteiger partial charge in [-0.2, -0.15) is 0 Å². The molecule has 0 fully saturated rings. The molecule has 2 aromatic rings. The monoisotopic (exact) mass is 242 g/mol. The van der Waals surface area contributed by atoms with Gasteiger partial charge in [0.15, 0.2) is 0 Å². The number of nitrogen functional groups attached to an aromatic ring is 1. The van der Waals surface area contributed by atoms with E-state index in [1.807, 2.05) is 49.6 Å². The second-order valence-electron chi connectivity index (χ2n) is 4.35. The minimum Gasteiger partial charge on any atom is -0.491 e. The van der Waals surface area contributed by atoms with Crippen molar-refractivity contribution in [3.05, 3.63) is 53.9 Å². The number of aryl methyl sites for hydroxylation is 2. The first-order valence-electron chi connectivity index (χ1n) is 6.13. The number of nitrogens with two attached hydrogens (primary N) is 1. The number of anilines is 1. The number of rotatable bonds is 5. The molecule has 3 nitrogen and oxygen atoms in total. The molecule has 3 heteroatoms. The largest absolute Gasteiger partial charge is 0.491 e. The molecular weight excluding hydrogens is 224 g/mol. The van der Waals surface area contributed by atoms with Gasteiger partial charge in [-0.3, -0.25) is 4.98 Å². The predicted octanol–water partition coefficient (Wildman–Crippen LogP) is 2.98. The van der Waals surface area contributed by atoms with Crippen molar-refractivity contribution < 1.29 is 4.74 Å². The summed E-state index contributed by atoms with van der Waals surface area (Å²) >= 11 is 0. The minimum absolute atomic E-state index is 0.677. The van der Waals surface area contributed by atoms with Crippen molar-refractivity contribution >= 4 is 5.69 Å². The highest BCUT2D eigenvalue weighted by molar-refractivity contribution is 5.53. The molecule has 1 aromatic heterocycles. The van der Waals surface area contributed by atoms with Crippen LogP contribution >= 0.6 is 0 Å². The zero-order valence-corrected chi connectivity index (χ0v) is 10.6. The van der Waals surface area contributed by atoms with Crippen molar-refractivity contribution in [3.8, 4) is 5.75 Å². The van der Waals surface area contributed by atoms with Crippen molar-refractivity contribution in [2.75, 3.05) is 12.3 Å². The van der Waals surface area contributed by atoms with E-state index in [1.165, 1.54) is 5.56 Å². The number of hydrogen-bond acceptors (Lipinski definition) is 3. The fraction of sp³-hybridized carbons (Fsp3) is 0.267. The molecule has 0 bridgehead atoms. The molecule has 0 aliphatic rings. The van der Waals surface area contributed by atoms with E-state index in [1.54, 1.807) is 0 Å². The Bertz CT molecular complexity index is 497. The normalized spacial score (nSPS) is 10.3. The van der Waals surface area contributed by atoms with E-state index in [-0.39, 0.29) is 0 Å². The van der Waals surface area contributed by atoms with Gasteiger partial charge in [-0.05, 0) is 55.2 Å². The second-order valence-corrected chi connectivity index (χ2v) is 4.35. The number of ether oxygens (including phenoxy) is 1. The summed E-state index contributed by atoms with van der Waals surface area (Å²) < 4.78 is 5.70. The first kappa shape index (κ1) is 12.4. The number of pyridine rings is 1. The molecule has 1 aromatic carbocycles. The zero-order chi connectivity index (χ0) is 12.8. The Labute approximate surface area is 108 Å². The molecule has 2 rings (SSSR count). The summed E-state index contributed by atoms with van der Waals surface area (Å²) in [5.74, 6) is 0.782. The Hall–Kier alpha value is -2.03. The number of benzene rings is 1. The van der Waals surface area contributed by atoms with Gasteiger partial charge < -0.3 is 10.5 Å². The van der Waals surface area contributed by atoms with E-state index in [9.17, 15) is 0 Å². The summed E-state index contributed by atoms with van der Waals surface area (Å²) in [5.41, 5.74) is 8.99. The van der Waals surface area contributed by atoms with Crippen LogP contribution in [0.3, 0.4) is 0 Å². The van der Waals surface area contributed by atoms with Gasteiger partial charge in [0, 0.05) is 12.4 Å². The third-order valence-corrected chi connectivity index (χ3v) is 2.79. The van der Waals surface area contributed by atoms with Crippen LogP contribution in [0.15, 0.2) is 42.7 Å². The topological polar surface area (TPSA) is 48.1 Å². The Morgan fingerprint density at radius 1 is 1.17 bits per heavy atom. The van der Waals surface area contributed by atoms with E-state index in [2.05, 4.69) is 4.98 Å². The lowest BCUT2D eigenvalue weighted by Crippen LogP contribution is -2.02. The molecule has 0 aliphatic carbocycles. The third kappa shape index (κ3) is 3.48. The number of hydrogen-bond donors (Lipinski definition) is 1. The van der Waals surface area contributed by atoms with E-state index in [0.717, 1.165) is 24.2 Å². The number of aromatic nitrogens is 1. The van der Waals surface area contributed by atoms with Gasteiger partial charge in [0.2, 0.25) is 0 Å². The summed E-state index contributed by atoms with van der Waals surface area (Å²) in [7, 11) is 0. The molecule has 0 saturated carbocycles. The summed E-state index contributed by atoms with van der Waals surface area (Å²) in [6.45, 7) is 2.71.